The first-order valence-corrected chi connectivity index (χ1v) is 11.9. The van der Waals surface area contributed by atoms with Gasteiger partial charge in [-0.1, -0.05) is 6.42 Å². The van der Waals surface area contributed by atoms with Crippen molar-refractivity contribution < 1.29 is 13.2 Å². The number of rotatable bonds is 5. The van der Waals surface area contributed by atoms with Gasteiger partial charge in [0.05, 0.1) is 11.1 Å². The number of aromatic nitrogens is 4. The summed E-state index contributed by atoms with van der Waals surface area (Å²) in [5.74, 6) is -0.425. The Morgan fingerprint density at radius 1 is 1.16 bits per heavy atom. The second-order valence-corrected chi connectivity index (χ2v) is 10.1. The van der Waals surface area contributed by atoms with E-state index in [4.69, 9.17) is 0 Å². The number of benzene rings is 1. The fraction of sp³-hybridized carbons (Fsp3) is 0.429. The summed E-state index contributed by atoms with van der Waals surface area (Å²) >= 11 is 0. The summed E-state index contributed by atoms with van der Waals surface area (Å²) in [5, 5.41) is 7.03. The maximum absolute atomic E-state index is 13.1. The van der Waals surface area contributed by atoms with Gasteiger partial charge in [0, 0.05) is 24.8 Å². The number of piperidine rings is 1. The van der Waals surface area contributed by atoms with Gasteiger partial charge in [-0.2, -0.15) is 9.40 Å². The highest BCUT2D eigenvalue weighted by molar-refractivity contribution is 7.89. The number of carbonyl (C=O) groups excluding carboxylic acids is 1. The smallest absolute Gasteiger partial charge is 0.264 e. The SMILES string of the molecule is CC1CCCC(C)N1S(=O)(=O)c1ccc(NC(=O)Cn2cnc3c(cnn3C)c2=O)cc1. The van der Waals surface area contributed by atoms with Crippen molar-refractivity contribution in [2.24, 2.45) is 7.05 Å². The summed E-state index contributed by atoms with van der Waals surface area (Å²) in [7, 11) is -1.94. The summed E-state index contributed by atoms with van der Waals surface area (Å²) in [4.78, 5) is 29.3. The molecule has 170 valence electrons. The van der Waals surface area contributed by atoms with Gasteiger partial charge in [0.15, 0.2) is 5.65 Å². The minimum atomic E-state index is -3.62. The molecule has 0 aliphatic carbocycles. The predicted molar refractivity (Wildman–Crippen MR) is 120 cm³/mol. The van der Waals surface area contributed by atoms with Gasteiger partial charge in [-0.15, -0.1) is 0 Å². The molecule has 10 nitrogen and oxygen atoms in total. The maximum Gasteiger partial charge on any atom is 0.264 e. The number of nitrogens with one attached hydrogen (secondary N) is 1. The number of nitrogens with zero attached hydrogens (tertiary/aromatic N) is 5. The highest BCUT2D eigenvalue weighted by atomic mass is 32.2. The van der Waals surface area contributed by atoms with Crippen molar-refractivity contribution in [1.29, 1.82) is 0 Å². The lowest BCUT2D eigenvalue weighted by molar-refractivity contribution is -0.116. The standard InChI is InChI=1S/C21H26N6O4S/c1-14-5-4-6-15(2)27(14)32(30,31)17-9-7-16(8-10-17)24-19(28)12-26-13-22-20-18(21(26)29)11-23-25(20)3/h7-11,13-15H,4-6,12H2,1-3H3,(H,24,28). The van der Waals surface area contributed by atoms with Gasteiger partial charge in [0.1, 0.15) is 18.3 Å². The molecule has 3 aromatic rings. The Morgan fingerprint density at radius 2 is 1.81 bits per heavy atom. The van der Waals surface area contributed by atoms with Gasteiger partial charge in [0.25, 0.3) is 5.56 Å². The molecular weight excluding hydrogens is 432 g/mol. The molecule has 2 unspecified atom stereocenters. The Labute approximate surface area is 185 Å². The van der Waals surface area contributed by atoms with E-state index in [9.17, 15) is 18.0 Å². The van der Waals surface area contributed by atoms with Crippen LogP contribution in [0.2, 0.25) is 0 Å². The average Bonchev–Trinajstić information content (AvgIpc) is 3.12. The predicted octanol–water partition coefficient (Wildman–Crippen LogP) is 1.72. The Balaban J connectivity index is 1.47. The molecule has 2 aromatic heterocycles. The van der Waals surface area contributed by atoms with Crippen molar-refractivity contribution in [2.45, 2.75) is 56.6 Å². The molecule has 4 rings (SSSR count). The van der Waals surface area contributed by atoms with E-state index in [1.807, 2.05) is 13.8 Å². The number of sulfonamides is 1. The Bertz CT molecular complexity index is 1300. The van der Waals surface area contributed by atoms with Crippen molar-refractivity contribution in [2.75, 3.05) is 5.32 Å². The van der Waals surface area contributed by atoms with Crippen LogP contribution in [-0.2, 0) is 28.4 Å². The summed E-state index contributed by atoms with van der Waals surface area (Å²) in [6, 6.07) is 5.99. The van der Waals surface area contributed by atoms with Crippen LogP contribution in [-0.4, -0.2) is 50.0 Å². The molecule has 0 radical (unpaired) electrons. The number of hydrogen-bond donors (Lipinski definition) is 1. The monoisotopic (exact) mass is 458 g/mol. The van der Waals surface area contributed by atoms with Gasteiger partial charge in [0.2, 0.25) is 15.9 Å². The summed E-state index contributed by atoms with van der Waals surface area (Å²) in [6.45, 7) is 3.64. The first-order valence-electron chi connectivity index (χ1n) is 10.5. The number of carbonyl (C=O) groups is 1. The van der Waals surface area contributed by atoms with Gasteiger partial charge in [-0.3, -0.25) is 18.8 Å². The van der Waals surface area contributed by atoms with Crippen LogP contribution in [0.25, 0.3) is 11.0 Å². The number of hydrogen-bond acceptors (Lipinski definition) is 6. The molecule has 1 fully saturated rings. The van der Waals surface area contributed by atoms with Crippen LogP contribution < -0.4 is 10.9 Å². The summed E-state index contributed by atoms with van der Waals surface area (Å²) in [6.07, 6.45) is 5.43. The lowest BCUT2D eigenvalue weighted by Crippen LogP contribution is -2.47. The fourth-order valence-electron chi connectivity index (χ4n) is 4.24. The molecule has 1 aliphatic heterocycles. The van der Waals surface area contributed by atoms with Crippen molar-refractivity contribution in [3.8, 4) is 0 Å². The van der Waals surface area contributed by atoms with Crippen LogP contribution in [0, 0.1) is 0 Å². The van der Waals surface area contributed by atoms with Crippen LogP contribution in [0.1, 0.15) is 33.1 Å². The largest absolute Gasteiger partial charge is 0.325 e. The van der Waals surface area contributed by atoms with E-state index >= 15 is 0 Å². The van der Waals surface area contributed by atoms with E-state index in [-0.39, 0.29) is 29.1 Å². The Kier molecular flexibility index (Phi) is 5.87. The highest BCUT2D eigenvalue weighted by Crippen LogP contribution is 2.29. The number of aryl methyl sites for hydroxylation is 1. The highest BCUT2D eigenvalue weighted by Gasteiger charge is 2.35. The Morgan fingerprint density at radius 3 is 2.47 bits per heavy atom. The van der Waals surface area contributed by atoms with Crippen LogP contribution in [0.3, 0.4) is 0 Å². The van der Waals surface area contributed by atoms with E-state index in [1.165, 1.54) is 33.9 Å². The third kappa shape index (κ3) is 4.05. The molecule has 2 atom stereocenters. The van der Waals surface area contributed by atoms with Gasteiger partial charge in [-0.05, 0) is 51.0 Å². The van der Waals surface area contributed by atoms with Crippen molar-refractivity contribution in [3.63, 3.8) is 0 Å². The molecule has 0 bridgehead atoms. The minimum Gasteiger partial charge on any atom is -0.325 e. The third-order valence-electron chi connectivity index (χ3n) is 5.86. The zero-order valence-corrected chi connectivity index (χ0v) is 19.0. The lowest BCUT2D eigenvalue weighted by Gasteiger charge is -2.37. The first-order chi connectivity index (χ1) is 15.2. The number of amides is 1. The van der Waals surface area contributed by atoms with Crippen molar-refractivity contribution in [1.82, 2.24) is 23.6 Å². The van der Waals surface area contributed by atoms with Gasteiger partial charge < -0.3 is 5.32 Å². The van der Waals surface area contributed by atoms with Gasteiger partial charge >= 0.3 is 0 Å². The second kappa shape index (κ2) is 8.47. The zero-order chi connectivity index (χ0) is 23.0. The lowest BCUT2D eigenvalue weighted by atomic mass is 10.0. The molecule has 1 aromatic carbocycles. The van der Waals surface area contributed by atoms with Crippen LogP contribution in [0.15, 0.2) is 46.5 Å². The number of anilines is 1. The third-order valence-corrected chi connectivity index (χ3v) is 8.00. The molecule has 0 saturated carbocycles. The van der Waals surface area contributed by atoms with E-state index in [1.54, 1.807) is 23.5 Å². The minimum absolute atomic E-state index is 0.0489. The van der Waals surface area contributed by atoms with E-state index in [0.717, 1.165) is 19.3 Å². The normalized spacial score (nSPS) is 19.8. The topological polar surface area (TPSA) is 119 Å². The van der Waals surface area contributed by atoms with Crippen LogP contribution >= 0.6 is 0 Å². The van der Waals surface area contributed by atoms with Crippen molar-refractivity contribution >= 4 is 32.7 Å². The average molecular weight is 459 g/mol. The van der Waals surface area contributed by atoms with Gasteiger partial charge in [-0.25, -0.2) is 13.4 Å². The van der Waals surface area contributed by atoms with E-state index in [2.05, 4.69) is 15.4 Å². The summed E-state index contributed by atoms with van der Waals surface area (Å²) in [5.41, 5.74) is 0.530. The van der Waals surface area contributed by atoms with E-state index < -0.39 is 15.9 Å². The molecule has 0 spiro atoms. The summed E-state index contributed by atoms with van der Waals surface area (Å²) < 4.78 is 30.5. The van der Waals surface area contributed by atoms with E-state index in [0.29, 0.717) is 16.7 Å². The zero-order valence-electron chi connectivity index (χ0n) is 18.2. The molecule has 1 N–H and O–H groups in total. The molecular formula is C21H26N6O4S. The molecule has 3 heterocycles. The fourth-order valence-corrected chi connectivity index (χ4v) is 6.12. The maximum atomic E-state index is 13.1. The molecule has 32 heavy (non-hydrogen) atoms. The molecule has 1 saturated heterocycles. The molecule has 1 amide bonds. The second-order valence-electron chi connectivity index (χ2n) is 8.22. The molecule has 1 aliphatic rings. The first kappa shape index (κ1) is 22.2. The number of fused-ring (bicyclic) bond motifs is 1. The quantitative estimate of drug-likeness (QED) is 0.622. The Hall–Kier alpha value is -3.05. The van der Waals surface area contributed by atoms with Crippen LogP contribution in [0.5, 0.6) is 0 Å². The van der Waals surface area contributed by atoms with Crippen molar-refractivity contribution in [3.05, 3.63) is 47.1 Å². The molecule has 11 heteroatoms. The van der Waals surface area contributed by atoms with Crippen LogP contribution in [0.4, 0.5) is 5.69 Å².